The quantitative estimate of drug-likeness (QED) is 0.686. The van der Waals surface area contributed by atoms with Gasteiger partial charge in [0.25, 0.3) is 0 Å². The van der Waals surface area contributed by atoms with Gasteiger partial charge in [-0.05, 0) is 62.0 Å². The van der Waals surface area contributed by atoms with Gasteiger partial charge >= 0.3 is 0 Å². The van der Waals surface area contributed by atoms with Crippen LogP contribution in [0.4, 0.5) is 0 Å². The summed E-state index contributed by atoms with van der Waals surface area (Å²) in [6, 6.07) is 6.58. The number of hydrogen-bond donors (Lipinski definition) is 0. The molecule has 0 radical (unpaired) electrons. The van der Waals surface area contributed by atoms with Crippen LogP contribution >= 0.6 is 0 Å². The first-order valence-electron chi connectivity index (χ1n) is 8.30. The summed E-state index contributed by atoms with van der Waals surface area (Å²) in [6.45, 7) is 2.08. The second kappa shape index (κ2) is 6.51. The van der Waals surface area contributed by atoms with Crippen LogP contribution in [0.2, 0.25) is 0 Å². The molecule has 0 unspecified atom stereocenters. The maximum atomic E-state index is 5.67. The van der Waals surface area contributed by atoms with Crippen LogP contribution in [-0.2, 0) is 6.42 Å². The molecule has 2 aliphatic carbocycles. The monoisotopic (exact) mass is 282 g/mol. The van der Waals surface area contributed by atoms with Gasteiger partial charge in [-0.1, -0.05) is 42.9 Å². The van der Waals surface area contributed by atoms with E-state index in [9.17, 15) is 0 Å². The van der Waals surface area contributed by atoms with E-state index >= 15 is 0 Å². The summed E-state index contributed by atoms with van der Waals surface area (Å²) >= 11 is 0. The van der Waals surface area contributed by atoms with Crippen molar-refractivity contribution in [2.45, 2.75) is 44.9 Å². The zero-order valence-electron chi connectivity index (χ0n) is 13.2. The van der Waals surface area contributed by atoms with Crippen molar-refractivity contribution in [3.8, 4) is 5.75 Å². The van der Waals surface area contributed by atoms with Gasteiger partial charge in [0, 0.05) is 5.56 Å². The molecule has 3 rings (SSSR count). The number of allylic oxidation sites excluding steroid dienone is 4. The zero-order valence-corrected chi connectivity index (χ0v) is 13.2. The summed E-state index contributed by atoms with van der Waals surface area (Å²) in [4.78, 5) is 0. The van der Waals surface area contributed by atoms with Gasteiger partial charge in [0.2, 0.25) is 0 Å². The second-order valence-electron chi connectivity index (χ2n) is 6.35. The Balaban J connectivity index is 1.91. The molecule has 1 aromatic rings. The predicted octanol–water partition coefficient (Wildman–Crippen LogP) is 5.27. The molecule has 1 fully saturated rings. The molecule has 3 atom stereocenters. The molecule has 1 aromatic carbocycles. The molecule has 0 heterocycles. The van der Waals surface area contributed by atoms with E-state index in [2.05, 4.69) is 49.4 Å². The van der Waals surface area contributed by atoms with Crippen LogP contribution in [0.5, 0.6) is 5.75 Å². The molecule has 21 heavy (non-hydrogen) atoms. The summed E-state index contributed by atoms with van der Waals surface area (Å²) in [5.41, 5.74) is 3.04. The average molecular weight is 282 g/mol. The predicted molar refractivity (Wildman–Crippen MR) is 88.8 cm³/mol. The third-order valence-corrected chi connectivity index (χ3v) is 5.28. The molecule has 0 saturated heterocycles. The number of ether oxygens (including phenoxy) is 1. The molecule has 2 aliphatic rings. The van der Waals surface area contributed by atoms with Crippen molar-refractivity contribution in [3.63, 3.8) is 0 Å². The minimum atomic E-state index is 0.693. The van der Waals surface area contributed by atoms with Gasteiger partial charge in [0.05, 0.1) is 7.11 Å². The van der Waals surface area contributed by atoms with Crippen LogP contribution in [0.1, 0.15) is 49.7 Å². The van der Waals surface area contributed by atoms with Gasteiger partial charge in [-0.3, -0.25) is 0 Å². The van der Waals surface area contributed by atoms with Crippen molar-refractivity contribution >= 4 is 0 Å². The lowest BCUT2D eigenvalue weighted by atomic mass is 9.63. The lowest BCUT2D eigenvalue weighted by Crippen LogP contribution is -2.30. The maximum absolute atomic E-state index is 5.67. The first-order valence-corrected chi connectivity index (χ1v) is 8.30. The molecule has 112 valence electrons. The highest BCUT2D eigenvalue weighted by Crippen LogP contribution is 2.50. The number of aryl methyl sites for hydroxylation is 1. The molecule has 0 aliphatic heterocycles. The summed E-state index contributed by atoms with van der Waals surface area (Å²) < 4.78 is 5.67. The van der Waals surface area contributed by atoms with E-state index in [-0.39, 0.29) is 0 Å². The Hall–Kier alpha value is -1.50. The third kappa shape index (κ3) is 2.79. The molecule has 1 nitrogen and oxygen atoms in total. The van der Waals surface area contributed by atoms with Crippen molar-refractivity contribution in [1.82, 2.24) is 0 Å². The van der Waals surface area contributed by atoms with Crippen molar-refractivity contribution < 1.29 is 4.74 Å². The van der Waals surface area contributed by atoms with E-state index in [0.717, 1.165) is 17.6 Å². The normalized spacial score (nSPS) is 28.6. The molecule has 0 N–H and O–H groups in total. The topological polar surface area (TPSA) is 9.23 Å². The highest BCUT2D eigenvalue weighted by molar-refractivity contribution is 5.45. The van der Waals surface area contributed by atoms with E-state index in [4.69, 9.17) is 4.74 Å². The minimum absolute atomic E-state index is 0.693. The fraction of sp³-hybridized carbons (Fsp3) is 0.500. The smallest absolute Gasteiger partial charge is 0.122 e. The molecule has 0 amide bonds. The number of methoxy groups -OCH3 is 1. The van der Waals surface area contributed by atoms with Crippen molar-refractivity contribution in [1.29, 1.82) is 0 Å². The molecule has 0 bridgehead atoms. The fourth-order valence-corrected chi connectivity index (χ4v) is 4.36. The van der Waals surface area contributed by atoms with Gasteiger partial charge in [0.1, 0.15) is 5.75 Å². The van der Waals surface area contributed by atoms with E-state index in [1.165, 1.54) is 43.2 Å². The van der Waals surface area contributed by atoms with Crippen molar-refractivity contribution in [3.05, 3.63) is 53.6 Å². The van der Waals surface area contributed by atoms with Crippen LogP contribution in [0.3, 0.4) is 0 Å². The summed E-state index contributed by atoms with van der Waals surface area (Å²) in [7, 11) is 1.81. The molecule has 0 aromatic heterocycles. The van der Waals surface area contributed by atoms with Crippen molar-refractivity contribution in [2.75, 3.05) is 7.11 Å². The lowest BCUT2D eigenvalue weighted by molar-refractivity contribution is 0.212. The Labute approximate surface area is 128 Å². The minimum Gasteiger partial charge on any atom is -0.496 e. The Bertz CT molecular complexity index is 527. The summed E-state index contributed by atoms with van der Waals surface area (Å²) in [5, 5.41) is 0. The first-order chi connectivity index (χ1) is 10.3. The summed E-state index contributed by atoms with van der Waals surface area (Å²) in [6.07, 6.45) is 15.5. The molecule has 0 spiro atoms. The van der Waals surface area contributed by atoms with Gasteiger partial charge in [-0.15, -0.1) is 0 Å². The van der Waals surface area contributed by atoms with E-state index in [1.807, 2.05) is 7.11 Å². The number of fused-ring (bicyclic) bond motifs is 3. The Morgan fingerprint density at radius 1 is 1.14 bits per heavy atom. The van der Waals surface area contributed by atoms with Crippen LogP contribution < -0.4 is 4.74 Å². The number of rotatable bonds is 3. The lowest BCUT2D eigenvalue weighted by Gasteiger charge is -2.42. The Morgan fingerprint density at radius 3 is 2.86 bits per heavy atom. The van der Waals surface area contributed by atoms with Crippen LogP contribution in [0.15, 0.2) is 42.5 Å². The van der Waals surface area contributed by atoms with E-state index in [1.54, 1.807) is 0 Å². The first kappa shape index (κ1) is 14.4. The third-order valence-electron chi connectivity index (χ3n) is 5.28. The molecule has 1 heteroatoms. The molecular weight excluding hydrogens is 256 g/mol. The Morgan fingerprint density at radius 2 is 2.05 bits per heavy atom. The highest BCUT2D eigenvalue weighted by Gasteiger charge is 2.37. The standard InChI is InChI=1S/C20H26O/c1-3-4-5-8-15-9-6-11-18-17(15)14-13-16-10-7-12-19(21-2)20(16)18/h3-5,7-8,10,12,15,17-18H,6,9,11,13-14H2,1-2H3/b4-3+,8-5+/t15-,17-,18-/m0/s1. The fourth-order valence-electron chi connectivity index (χ4n) is 4.36. The maximum Gasteiger partial charge on any atom is 0.122 e. The molecular formula is C20H26O. The van der Waals surface area contributed by atoms with Gasteiger partial charge < -0.3 is 4.74 Å². The number of hydrogen-bond acceptors (Lipinski definition) is 1. The van der Waals surface area contributed by atoms with Crippen molar-refractivity contribution in [2.24, 2.45) is 11.8 Å². The number of benzene rings is 1. The SMILES string of the molecule is C/C=C/C=C/[C@H]1CCC[C@@H]2c3c(cccc3OC)CC[C@H]21. The largest absolute Gasteiger partial charge is 0.496 e. The second-order valence-corrected chi connectivity index (χ2v) is 6.35. The summed E-state index contributed by atoms with van der Waals surface area (Å²) in [5.74, 6) is 3.33. The van der Waals surface area contributed by atoms with Crippen LogP contribution in [0.25, 0.3) is 0 Å². The van der Waals surface area contributed by atoms with Gasteiger partial charge in [-0.2, -0.15) is 0 Å². The highest BCUT2D eigenvalue weighted by atomic mass is 16.5. The van der Waals surface area contributed by atoms with Crippen LogP contribution in [-0.4, -0.2) is 7.11 Å². The Kier molecular flexibility index (Phi) is 4.48. The van der Waals surface area contributed by atoms with Gasteiger partial charge in [0.15, 0.2) is 0 Å². The van der Waals surface area contributed by atoms with Gasteiger partial charge in [-0.25, -0.2) is 0 Å². The molecule has 1 saturated carbocycles. The average Bonchev–Trinajstić information content (AvgIpc) is 2.54. The van der Waals surface area contributed by atoms with E-state index in [0.29, 0.717) is 5.92 Å². The van der Waals surface area contributed by atoms with Crippen LogP contribution in [0, 0.1) is 11.8 Å². The van der Waals surface area contributed by atoms with E-state index < -0.39 is 0 Å². The zero-order chi connectivity index (χ0) is 14.7.